The Labute approximate surface area is 132 Å². The van der Waals surface area contributed by atoms with E-state index >= 15 is 0 Å². The normalized spacial score (nSPS) is 19.6. The van der Waals surface area contributed by atoms with Gasteiger partial charge in [0.1, 0.15) is 0 Å². The Morgan fingerprint density at radius 1 is 1.33 bits per heavy atom. The average Bonchev–Trinajstić information content (AvgIpc) is 2.49. The predicted octanol–water partition coefficient (Wildman–Crippen LogP) is 2.70. The van der Waals surface area contributed by atoms with Gasteiger partial charge in [0.2, 0.25) is 0 Å². The molecule has 0 saturated carbocycles. The van der Waals surface area contributed by atoms with E-state index in [1.807, 2.05) is 11.8 Å². The lowest BCUT2D eigenvalue weighted by Crippen LogP contribution is -2.57. The molecular weight excluding hydrogens is 288 g/mol. The summed E-state index contributed by atoms with van der Waals surface area (Å²) in [4.78, 5) is 14.3. The molecule has 1 spiro atoms. The molecule has 2 heterocycles. The summed E-state index contributed by atoms with van der Waals surface area (Å²) in [6.45, 7) is 4.96. The number of carbonyl (C=O) groups is 1. The van der Waals surface area contributed by atoms with Crippen molar-refractivity contribution in [1.29, 1.82) is 0 Å². The van der Waals surface area contributed by atoms with E-state index in [0.717, 1.165) is 38.9 Å². The molecule has 0 radical (unpaired) electrons. The number of benzene rings is 1. The molecular formula is C16H23ClN2O2. The van der Waals surface area contributed by atoms with E-state index in [9.17, 15) is 4.79 Å². The monoisotopic (exact) mass is 310 g/mol. The van der Waals surface area contributed by atoms with Gasteiger partial charge in [0.15, 0.2) is 0 Å². The van der Waals surface area contributed by atoms with Crippen LogP contribution >= 0.6 is 12.4 Å². The highest BCUT2D eigenvalue weighted by Gasteiger charge is 2.46. The molecule has 2 aliphatic heterocycles. The van der Waals surface area contributed by atoms with Gasteiger partial charge in [-0.05, 0) is 50.4 Å². The predicted molar refractivity (Wildman–Crippen MR) is 84.9 cm³/mol. The van der Waals surface area contributed by atoms with Crippen LogP contribution in [-0.4, -0.2) is 37.2 Å². The van der Waals surface area contributed by atoms with E-state index < -0.39 is 0 Å². The minimum Gasteiger partial charge on any atom is -0.450 e. The van der Waals surface area contributed by atoms with Gasteiger partial charge in [-0.15, -0.1) is 12.4 Å². The Morgan fingerprint density at radius 2 is 2.05 bits per heavy atom. The van der Waals surface area contributed by atoms with Crippen LogP contribution in [0.2, 0.25) is 0 Å². The lowest BCUT2D eigenvalue weighted by Gasteiger charge is -2.49. The molecule has 0 unspecified atom stereocenters. The maximum atomic E-state index is 12.4. The zero-order valence-corrected chi connectivity index (χ0v) is 13.2. The van der Waals surface area contributed by atoms with Crippen LogP contribution in [0.5, 0.6) is 0 Å². The summed E-state index contributed by atoms with van der Waals surface area (Å²) < 4.78 is 5.29. The largest absolute Gasteiger partial charge is 0.450 e. The number of carbonyl (C=O) groups excluding carboxylic acids is 1. The van der Waals surface area contributed by atoms with Crippen LogP contribution in [0.4, 0.5) is 4.79 Å². The van der Waals surface area contributed by atoms with E-state index in [1.54, 1.807) is 0 Å². The van der Waals surface area contributed by atoms with Gasteiger partial charge >= 0.3 is 6.09 Å². The number of nitrogens with one attached hydrogen (secondary N) is 1. The molecule has 3 rings (SSSR count). The van der Waals surface area contributed by atoms with Gasteiger partial charge in [-0.2, -0.15) is 0 Å². The van der Waals surface area contributed by atoms with Gasteiger partial charge in [-0.25, -0.2) is 4.79 Å². The van der Waals surface area contributed by atoms with Gasteiger partial charge in [0.05, 0.1) is 12.1 Å². The number of rotatable bonds is 1. The molecule has 2 aliphatic rings. The quantitative estimate of drug-likeness (QED) is 0.867. The van der Waals surface area contributed by atoms with Crippen LogP contribution in [0.1, 0.15) is 30.9 Å². The Hall–Kier alpha value is -1.26. The Bertz CT molecular complexity index is 501. The minimum absolute atomic E-state index is 0. The van der Waals surface area contributed by atoms with Gasteiger partial charge < -0.3 is 10.1 Å². The van der Waals surface area contributed by atoms with Crippen molar-refractivity contribution in [2.24, 2.45) is 0 Å². The van der Waals surface area contributed by atoms with Crippen LogP contribution in [-0.2, 0) is 16.7 Å². The summed E-state index contributed by atoms with van der Waals surface area (Å²) in [5.41, 5.74) is 2.53. The third-order valence-corrected chi connectivity index (χ3v) is 4.56. The maximum Gasteiger partial charge on any atom is 0.410 e. The number of piperidine rings is 1. The number of hydrogen-bond acceptors (Lipinski definition) is 3. The standard InChI is InChI=1S/C16H22N2O2.ClH/c1-2-20-15(19)18-12-7-13-5-3-4-6-14(13)16(18)8-10-17-11-9-16;/h3-6,17H,2,7-12H2,1H3;1H. The van der Waals surface area contributed by atoms with Crippen molar-refractivity contribution in [3.8, 4) is 0 Å². The molecule has 0 atom stereocenters. The number of fused-ring (bicyclic) bond motifs is 2. The molecule has 1 fully saturated rings. The first-order valence-electron chi connectivity index (χ1n) is 7.51. The van der Waals surface area contributed by atoms with Crippen LogP contribution in [0.25, 0.3) is 0 Å². The Kier molecular flexibility index (Phi) is 5.12. The molecule has 0 bridgehead atoms. The van der Waals surface area contributed by atoms with E-state index in [2.05, 4.69) is 29.6 Å². The van der Waals surface area contributed by atoms with Crippen molar-refractivity contribution < 1.29 is 9.53 Å². The van der Waals surface area contributed by atoms with E-state index in [4.69, 9.17) is 4.74 Å². The van der Waals surface area contributed by atoms with Crippen molar-refractivity contribution in [3.63, 3.8) is 0 Å². The number of halogens is 1. The Balaban J connectivity index is 0.00000161. The molecule has 1 N–H and O–H groups in total. The van der Waals surface area contributed by atoms with Gasteiger partial charge in [0, 0.05) is 6.54 Å². The molecule has 1 amide bonds. The first kappa shape index (κ1) is 16.1. The summed E-state index contributed by atoms with van der Waals surface area (Å²) in [5, 5.41) is 3.40. The fourth-order valence-corrected chi connectivity index (χ4v) is 3.63. The van der Waals surface area contributed by atoms with E-state index in [-0.39, 0.29) is 24.0 Å². The minimum atomic E-state index is -0.174. The summed E-state index contributed by atoms with van der Waals surface area (Å²) in [6.07, 6.45) is 2.68. The third-order valence-electron chi connectivity index (χ3n) is 4.56. The molecule has 5 heteroatoms. The number of amides is 1. The number of hydrogen-bond donors (Lipinski definition) is 1. The second-order valence-electron chi connectivity index (χ2n) is 5.54. The molecule has 1 aromatic rings. The SMILES string of the molecule is CCOC(=O)N1CCc2ccccc2C12CCNCC2.Cl. The lowest BCUT2D eigenvalue weighted by atomic mass is 9.75. The van der Waals surface area contributed by atoms with Crippen molar-refractivity contribution in [1.82, 2.24) is 10.2 Å². The summed E-state index contributed by atoms with van der Waals surface area (Å²) in [6, 6.07) is 8.55. The zero-order chi connectivity index (χ0) is 14.0. The molecule has 4 nitrogen and oxygen atoms in total. The van der Waals surface area contributed by atoms with Crippen LogP contribution in [0.3, 0.4) is 0 Å². The fraction of sp³-hybridized carbons (Fsp3) is 0.562. The zero-order valence-electron chi connectivity index (χ0n) is 12.4. The summed E-state index contributed by atoms with van der Waals surface area (Å²) in [5.74, 6) is 0. The first-order chi connectivity index (χ1) is 9.78. The van der Waals surface area contributed by atoms with Crippen molar-refractivity contribution in [2.75, 3.05) is 26.2 Å². The van der Waals surface area contributed by atoms with Crippen molar-refractivity contribution >= 4 is 18.5 Å². The smallest absolute Gasteiger partial charge is 0.410 e. The summed E-state index contributed by atoms with van der Waals surface area (Å²) >= 11 is 0. The first-order valence-corrected chi connectivity index (χ1v) is 7.51. The molecule has 116 valence electrons. The van der Waals surface area contributed by atoms with Crippen LogP contribution in [0, 0.1) is 0 Å². The second kappa shape index (κ2) is 6.67. The number of nitrogens with zero attached hydrogens (tertiary/aromatic N) is 1. The van der Waals surface area contributed by atoms with Crippen LogP contribution < -0.4 is 5.32 Å². The fourth-order valence-electron chi connectivity index (χ4n) is 3.63. The van der Waals surface area contributed by atoms with Crippen molar-refractivity contribution in [3.05, 3.63) is 35.4 Å². The maximum absolute atomic E-state index is 12.4. The second-order valence-corrected chi connectivity index (χ2v) is 5.54. The molecule has 21 heavy (non-hydrogen) atoms. The van der Waals surface area contributed by atoms with Gasteiger partial charge in [0.25, 0.3) is 0 Å². The molecule has 1 aromatic carbocycles. The topological polar surface area (TPSA) is 41.6 Å². The third kappa shape index (κ3) is 2.74. The van der Waals surface area contributed by atoms with Gasteiger partial charge in [-0.3, -0.25) is 4.90 Å². The molecule has 0 aliphatic carbocycles. The highest BCUT2D eigenvalue weighted by atomic mass is 35.5. The van der Waals surface area contributed by atoms with E-state index in [0.29, 0.717) is 6.61 Å². The Morgan fingerprint density at radius 3 is 2.76 bits per heavy atom. The average molecular weight is 311 g/mol. The van der Waals surface area contributed by atoms with E-state index in [1.165, 1.54) is 11.1 Å². The highest BCUT2D eigenvalue weighted by molar-refractivity contribution is 5.85. The van der Waals surface area contributed by atoms with Crippen molar-refractivity contribution in [2.45, 2.75) is 31.7 Å². The van der Waals surface area contributed by atoms with Crippen LogP contribution in [0.15, 0.2) is 24.3 Å². The lowest BCUT2D eigenvalue weighted by molar-refractivity contribution is 0.0267. The molecule has 1 saturated heterocycles. The molecule has 0 aromatic heterocycles. The summed E-state index contributed by atoms with van der Waals surface area (Å²) in [7, 11) is 0. The van der Waals surface area contributed by atoms with Gasteiger partial charge in [-0.1, -0.05) is 24.3 Å². The number of ether oxygens (including phenoxy) is 1. The highest BCUT2D eigenvalue weighted by Crippen LogP contribution is 2.42.